The van der Waals surface area contributed by atoms with E-state index in [9.17, 15) is 14.7 Å². The number of benzene rings is 2. The summed E-state index contributed by atoms with van der Waals surface area (Å²) < 4.78 is 0. The summed E-state index contributed by atoms with van der Waals surface area (Å²) in [6, 6.07) is 16.0. The molecule has 0 aliphatic carbocycles. The van der Waals surface area contributed by atoms with Crippen LogP contribution in [0.3, 0.4) is 0 Å². The Bertz CT molecular complexity index is 1400. The van der Waals surface area contributed by atoms with E-state index in [4.69, 9.17) is 11.5 Å². The number of aromatic nitrogens is 2. The Kier molecular flexibility index (Phi) is 6.96. The van der Waals surface area contributed by atoms with Crippen molar-refractivity contribution < 1.29 is 14.7 Å². The van der Waals surface area contributed by atoms with Gasteiger partial charge in [-0.15, -0.1) is 0 Å². The number of para-hydroxylation sites is 1. The van der Waals surface area contributed by atoms with Gasteiger partial charge < -0.3 is 31.7 Å². The molecule has 11 heteroatoms. The molecule has 0 bridgehead atoms. The van der Waals surface area contributed by atoms with Gasteiger partial charge in [-0.05, 0) is 50.1 Å². The monoisotopic (exact) mass is 531 g/mol. The minimum absolute atomic E-state index is 0.0571. The number of aliphatic hydroxyl groups excluding tert-OH is 1. The van der Waals surface area contributed by atoms with E-state index in [-0.39, 0.29) is 23.4 Å². The number of nitrogen functional groups attached to an aromatic ring is 1. The van der Waals surface area contributed by atoms with E-state index in [0.29, 0.717) is 22.2 Å². The number of nitrogens with one attached hydrogen (secondary N) is 1. The van der Waals surface area contributed by atoms with E-state index in [1.54, 1.807) is 48.7 Å². The van der Waals surface area contributed by atoms with Gasteiger partial charge in [-0.25, -0.2) is 9.97 Å². The lowest BCUT2D eigenvalue weighted by Gasteiger charge is -2.37. The Morgan fingerprint density at radius 3 is 2.58 bits per heavy atom. The first kappa shape index (κ1) is 25.6. The van der Waals surface area contributed by atoms with Crippen LogP contribution in [0.25, 0.3) is 0 Å². The van der Waals surface area contributed by atoms with E-state index in [2.05, 4.69) is 27.1 Å². The van der Waals surface area contributed by atoms with E-state index >= 15 is 0 Å². The number of nitrogens with zero attached hydrogens (tertiary/aromatic N) is 4. The second-order valence-electron chi connectivity index (χ2n) is 9.69. The van der Waals surface area contributed by atoms with Crippen LogP contribution in [-0.4, -0.2) is 52.1 Å². The van der Waals surface area contributed by atoms with Crippen molar-refractivity contribution in [3.63, 3.8) is 0 Å². The van der Waals surface area contributed by atoms with Gasteiger partial charge in [0.2, 0.25) is 0 Å². The summed E-state index contributed by atoms with van der Waals surface area (Å²) in [4.78, 5) is 39.1. The minimum Gasteiger partial charge on any atom is -0.509 e. The minimum atomic E-state index is -0.674. The third kappa shape index (κ3) is 5.43. The number of carbonyl (C=O) groups is 2. The largest absolute Gasteiger partial charge is 0.509 e. The second kappa shape index (κ2) is 10.3. The molecule has 6 N–H and O–H groups in total. The van der Waals surface area contributed by atoms with Gasteiger partial charge in [0.05, 0.1) is 12.7 Å². The first-order valence-electron chi connectivity index (χ1n) is 12.2. The van der Waals surface area contributed by atoms with Crippen molar-refractivity contribution in [2.75, 3.05) is 40.5 Å². The van der Waals surface area contributed by atoms with Gasteiger partial charge in [0.25, 0.3) is 11.8 Å². The molecule has 3 heterocycles. The van der Waals surface area contributed by atoms with E-state index in [1.165, 1.54) is 16.7 Å². The highest BCUT2D eigenvalue weighted by Gasteiger charge is 2.36. The third-order valence-electron chi connectivity index (χ3n) is 6.64. The highest BCUT2D eigenvalue weighted by molar-refractivity contribution is 7.99. The Morgan fingerprint density at radius 2 is 1.87 bits per heavy atom. The maximum atomic E-state index is 12.9. The number of hydrogen-bond donors (Lipinski definition) is 4. The Labute approximate surface area is 224 Å². The summed E-state index contributed by atoms with van der Waals surface area (Å²) in [5.41, 5.74) is 13.1. The van der Waals surface area contributed by atoms with Crippen molar-refractivity contribution >= 4 is 46.6 Å². The lowest BCUT2D eigenvalue weighted by atomic mass is 9.91. The lowest BCUT2D eigenvalue weighted by molar-refractivity contribution is -0.119. The molecule has 0 unspecified atom stereocenters. The number of piperidine rings is 1. The molecule has 10 nitrogen and oxygen atoms in total. The molecule has 196 valence electrons. The summed E-state index contributed by atoms with van der Waals surface area (Å²) in [6.45, 7) is 3.60. The number of anilines is 4. The highest BCUT2D eigenvalue weighted by Crippen LogP contribution is 2.33. The maximum absolute atomic E-state index is 12.9. The van der Waals surface area contributed by atoms with E-state index < -0.39 is 11.8 Å². The Hall–Kier alpha value is -4.09. The molecular weight excluding hydrogens is 502 g/mol. The van der Waals surface area contributed by atoms with Crippen molar-refractivity contribution in [1.82, 2.24) is 9.97 Å². The van der Waals surface area contributed by atoms with Crippen molar-refractivity contribution in [3.8, 4) is 0 Å². The molecule has 2 aliphatic rings. The van der Waals surface area contributed by atoms with Crippen molar-refractivity contribution in [1.29, 1.82) is 0 Å². The Morgan fingerprint density at radius 1 is 1.13 bits per heavy atom. The van der Waals surface area contributed by atoms with Crippen molar-refractivity contribution in [2.24, 2.45) is 5.73 Å². The van der Waals surface area contributed by atoms with Crippen molar-refractivity contribution in [3.05, 3.63) is 72.1 Å². The molecule has 2 aromatic carbocycles. The molecule has 3 aromatic rings. The van der Waals surface area contributed by atoms with Gasteiger partial charge >= 0.3 is 0 Å². The van der Waals surface area contributed by atoms with Crippen LogP contribution in [0.2, 0.25) is 0 Å². The molecule has 0 saturated carbocycles. The number of carbonyl (C=O) groups excluding carboxylic acids is 2. The van der Waals surface area contributed by atoms with Crippen LogP contribution in [-0.2, 0) is 9.59 Å². The maximum Gasteiger partial charge on any atom is 0.267 e. The zero-order valence-electron chi connectivity index (χ0n) is 20.9. The second-order valence-corrected chi connectivity index (χ2v) is 10.8. The number of hydrogen-bond acceptors (Lipinski definition) is 9. The molecule has 5 rings (SSSR count). The van der Waals surface area contributed by atoms with E-state index in [0.717, 1.165) is 36.6 Å². The summed E-state index contributed by atoms with van der Waals surface area (Å²) in [6.07, 6.45) is 3.45. The topological polar surface area (TPSA) is 151 Å². The standard InChI is InChI=1S/C27H29N7O3S/c1-27(29)10-12-33(13-11-27)21-15-30-25(23(28)32-21)38-19-9-5-6-17(14-19)31-24(36)22-20(35)16-34(26(22)37)18-7-3-2-4-8-18/h2-9,14-15,35H,10-13,16,29H2,1H3,(H2,28,32)(H,31,36). The smallest absolute Gasteiger partial charge is 0.267 e. The van der Waals surface area contributed by atoms with Gasteiger partial charge in [-0.2, -0.15) is 0 Å². The lowest BCUT2D eigenvalue weighted by Crippen LogP contribution is -2.48. The van der Waals surface area contributed by atoms with Crippen LogP contribution < -0.4 is 26.6 Å². The van der Waals surface area contributed by atoms with Crippen LogP contribution >= 0.6 is 11.8 Å². The summed E-state index contributed by atoms with van der Waals surface area (Å²) in [7, 11) is 0. The van der Waals surface area contributed by atoms with Gasteiger partial charge in [-0.3, -0.25) is 9.59 Å². The van der Waals surface area contributed by atoms with Gasteiger partial charge in [0, 0.05) is 34.9 Å². The SMILES string of the molecule is CC1(N)CCN(c2cnc(Sc3cccc(NC(=O)C4=C(O)CN(c5ccccc5)C4=O)c3)c(N)n2)CC1. The fourth-order valence-electron chi connectivity index (χ4n) is 4.41. The summed E-state index contributed by atoms with van der Waals surface area (Å²) >= 11 is 1.32. The van der Waals surface area contributed by atoms with Crippen LogP contribution in [0.4, 0.5) is 23.0 Å². The number of rotatable bonds is 6. The predicted octanol–water partition coefficient (Wildman–Crippen LogP) is 3.33. The molecule has 0 spiro atoms. The van der Waals surface area contributed by atoms with Gasteiger partial charge in [-0.1, -0.05) is 36.0 Å². The zero-order chi connectivity index (χ0) is 26.9. The molecule has 2 aliphatic heterocycles. The zero-order valence-corrected chi connectivity index (χ0v) is 21.7. The van der Waals surface area contributed by atoms with Crippen LogP contribution in [0, 0.1) is 0 Å². The fraction of sp³-hybridized carbons (Fsp3) is 0.259. The average molecular weight is 532 g/mol. The predicted molar refractivity (Wildman–Crippen MR) is 148 cm³/mol. The molecule has 1 saturated heterocycles. The summed E-state index contributed by atoms with van der Waals surface area (Å²) in [5.74, 6) is -0.454. The number of amides is 2. The normalized spacial score (nSPS) is 17.2. The van der Waals surface area contributed by atoms with Crippen LogP contribution in [0.5, 0.6) is 0 Å². The molecule has 1 fully saturated rings. The van der Waals surface area contributed by atoms with Crippen molar-refractivity contribution in [2.45, 2.75) is 35.2 Å². The quantitative estimate of drug-likeness (QED) is 0.351. The molecular formula is C27H29N7O3S. The number of aliphatic hydroxyl groups is 1. The first-order valence-corrected chi connectivity index (χ1v) is 13.1. The van der Waals surface area contributed by atoms with Crippen LogP contribution in [0.15, 0.2) is 82.0 Å². The van der Waals surface area contributed by atoms with E-state index in [1.807, 2.05) is 12.1 Å². The molecule has 2 amide bonds. The average Bonchev–Trinajstić information content (AvgIpc) is 3.19. The first-order chi connectivity index (χ1) is 18.2. The van der Waals surface area contributed by atoms with Gasteiger partial charge in [0.15, 0.2) is 5.82 Å². The highest BCUT2D eigenvalue weighted by atomic mass is 32.2. The summed E-state index contributed by atoms with van der Waals surface area (Å²) in [5, 5.41) is 13.6. The number of nitrogens with two attached hydrogens (primary N) is 2. The Balaban J connectivity index is 1.25. The molecule has 38 heavy (non-hydrogen) atoms. The van der Waals surface area contributed by atoms with Crippen LogP contribution in [0.1, 0.15) is 19.8 Å². The molecule has 1 aromatic heterocycles. The van der Waals surface area contributed by atoms with Gasteiger partial charge in [0.1, 0.15) is 22.2 Å². The third-order valence-corrected chi connectivity index (χ3v) is 7.64. The fourth-order valence-corrected chi connectivity index (χ4v) is 5.22. The molecule has 0 atom stereocenters. The molecule has 0 radical (unpaired) electrons.